The summed E-state index contributed by atoms with van der Waals surface area (Å²) < 4.78 is 13.8. The molecule has 1 aliphatic carbocycles. The quantitative estimate of drug-likeness (QED) is 0.748. The molecule has 1 aromatic heterocycles. The van der Waals surface area contributed by atoms with Gasteiger partial charge in [0.25, 0.3) is 0 Å². The van der Waals surface area contributed by atoms with E-state index in [1.54, 1.807) is 12.4 Å². The molecule has 0 aromatic carbocycles. The first kappa shape index (κ1) is 20.7. The van der Waals surface area contributed by atoms with Crippen LogP contribution in [0.2, 0.25) is 0 Å². The number of nitrogens with zero attached hydrogens (tertiary/aromatic N) is 5. The molecule has 2 aliphatic heterocycles. The Morgan fingerprint density at radius 3 is 2.80 bits per heavy atom. The van der Waals surface area contributed by atoms with Gasteiger partial charge in [-0.3, -0.25) is 0 Å². The second kappa shape index (κ2) is 8.68. The zero-order valence-corrected chi connectivity index (χ0v) is 18.2. The highest BCUT2D eigenvalue weighted by Crippen LogP contribution is 2.39. The van der Waals surface area contributed by atoms with Gasteiger partial charge >= 0.3 is 0 Å². The Labute approximate surface area is 178 Å². The highest BCUT2D eigenvalue weighted by Gasteiger charge is 2.30. The third-order valence-electron chi connectivity index (χ3n) is 6.20. The van der Waals surface area contributed by atoms with Crippen molar-refractivity contribution in [2.75, 3.05) is 31.6 Å². The molecule has 160 valence electrons. The van der Waals surface area contributed by atoms with Crippen LogP contribution in [-0.4, -0.2) is 59.5 Å². The normalized spacial score (nSPS) is 23.1. The summed E-state index contributed by atoms with van der Waals surface area (Å²) in [6, 6.07) is 0.429. The zero-order chi connectivity index (χ0) is 21.3. The van der Waals surface area contributed by atoms with Crippen molar-refractivity contribution in [2.45, 2.75) is 51.7 Å². The molecule has 3 heterocycles. The monoisotopic (exact) mass is 410 g/mol. The number of aromatic nitrogens is 2. The van der Waals surface area contributed by atoms with Crippen molar-refractivity contribution in [1.82, 2.24) is 20.2 Å². The number of rotatable bonds is 5. The third-order valence-corrected chi connectivity index (χ3v) is 6.20. The van der Waals surface area contributed by atoms with Crippen LogP contribution in [-0.2, 0) is 0 Å². The number of likely N-dealkylation sites (tertiary alicyclic amines) is 1. The molecule has 4 rings (SSSR count). The molecule has 1 unspecified atom stereocenters. The lowest BCUT2D eigenvalue weighted by atomic mass is 10.0. The van der Waals surface area contributed by atoms with E-state index in [-0.39, 0.29) is 0 Å². The lowest BCUT2D eigenvalue weighted by Crippen LogP contribution is -2.41. The van der Waals surface area contributed by atoms with Crippen molar-refractivity contribution in [3.63, 3.8) is 0 Å². The molecule has 0 amide bonds. The number of hydrogen-bond acceptors (Lipinski definition) is 6. The first-order valence-corrected chi connectivity index (χ1v) is 10.8. The average Bonchev–Trinajstić information content (AvgIpc) is 3.14. The van der Waals surface area contributed by atoms with E-state index in [1.165, 1.54) is 0 Å². The fraction of sp³-hybridized carbons (Fsp3) is 0.522. The topological polar surface area (TPSA) is 56.6 Å². The van der Waals surface area contributed by atoms with Crippen molar-refractivity contribution in [3.8, 4) is 0 Å². The number of aliphatic imine (C=N–C) groups is 1. The molecular formula is C23H31FN6. The fourth-order valence-corrected chi connectivity index (χ4v) is 4.32. The Morgan fingerprint density at radius 2 is 2.03 bits per heavy atom. The number of hydrogen-bond donors (Lipinski definition) is 1. The molecule has 30 heavy (non-hydrogen) atoms. The van der Waals surface area contributed by atoms with E-state index < -0.39 is 6.17 Å². The van der Waals surface area contributed by atoms with Crippen molar-refractivity contribution in [1.29, 1.82) is 0 Å². The van der Waals surface area contributed by atoms with Gasteiger partial charge in [-0.25, -0.2) is 19.4 Å². The summed E-state index contributed by atoms with van der Waals surface area (Å²) in [4.78, 5) is 18.3. The van der Waals surface area contributed by atoms with Crippen LogP contribution in [0.25, 0.3) is 0 Å². The lowest BCUT2D eigenvalue weighted by Gasteiger charge is -2.30. The summed E-state index contributed by atoms with van der Waals surface area (Å²) in [6.07, 6.45) is 7.85. The van der Waals surface area contributed by atoms with Gasteiger partial charge in [-0.2, -0.15) is 0 Å². The Morgan fingerprint density at radius 1 is 1.27 bits per heavy atom. The van der Waals surface area contributed by atoms with Gasteiger partial charge in [-0.1, -0.05) is 12.7 Å². The number of anilines is 1. The van der Waals surface area contributed by atoms with Crippen LogP contribution in [0.1, 0.15) is 38.3 Å². The van der Waals surface area contributed by atoms with E-state index >= 15 is 0 Å². The van der Waals surface area contributed by atoms with E-state index in [0.717, 1.165) is 78.8 Å². The Balaban J connectivity index is 1.56. The molecule has 0 bridgehead atoms. The zero-order valence-electron chi connectivity index (χ0n) is 18.2. The van der Waals surface area contributed by atoms with Gasteiger partial charge in [-0.05, 0) is 64.9 Å². The SMILES string of the molecule is C=C(NC1CCN(C)CC1)C(C)=Nc1c(C)ncnc1N1CCC2=CC(F)CC=C21. The van der Waals surface area contributed by atoms with Gasteiger partial charge in [0.1, 0.15) is 18.2 Å². The van der Waals surface area contributed by atoms with Gasteiger partial charge in [0.15, 0.2) is 5.82 Å². The van der Waals surface area contributed by atoms with Crippen molar-refractivity contribution in [2.24, 2.45) is 4.99 Å². The largest absolute Gasteiger partial charge is 0.381 e. The second-order valence-electron chi connectivity index (χ2n) is 8.46. The van der Waals surface area contributed by atoms with Gasteiger partial charge in [0, 0.05) is 30.4 Å². The molecule has 1 atom stereocenters. The van der Waals surface area contributed by atoms with Crippen LogP contribution in [0, 0.1) is 6.92 Å². The maximum absolute atomic E-state index is 13.8. The second-order valence-corrected chi connectivity index (χ2v) is 8.46. The molecule has 0 saturated carbocycles. The predicted octanol–water partition coefficient (Wildman–Crippen LogP) is 3.84. The molecule has 0 spiro atoms. The van der Waals surface area contributed by atoms with Gasteiger partial charge in [0.05, 0.1) is 11.4 Å². The molecule has 3 aliphatic rings. The lowest BCUT2D eigenvalue weighted by molar-refractivity contribution is 0.243. The van der Waals surface area contributed by atoms with Crippen LogP contribution in [0.15, 0.2) is 47.0 Å². The number of alkyl halides is 1. The van der Waals surface area contributed by atoms with Crippen molar-refractivity contribution < 1.29 is 4.39 Å². The number of piperidine rings is 1. The Kier molecular flexibility index (Phi) is 5.99. The van der Waals surface area contributed by atoms with Crippen LogP contribution >= 0.6 is 0 Å². The van der Waals surface area contributed by atoms with Crippen LogP contribution < -0.4 is 10.2 Å². The molecule has 1 N–H and O–H groups in total. The van der Waals surface area contributed by atoms with E-state index in [9.17, 15) is 4.39 Å². The minimum absolute atomic E-state index is 0.411. The summed E-state index contributed by atoms with van der Waals surface area (Å²) in [5.41, 5.74) is 5.38. The standard InChI is InChI=1S/C23H31FN6/c1-15(27-20-8-10-29(4)11-9-20)16(2)28-22-17(3)25-14-26-23(22)30-12-7-18-13-19(24)5-6-21(18)30/h6,13-14,19-20,27H,1,5,7-12H2,2-4H3. The molecule has 6 nitrogen and oxygen atoms in total. The van der Waals surface area contributed by atoms with Gasteiger partial charge < -0.3 is 15.1 Å². The molecule has 0 radical (unpaired) electrons. The highest BCUT2D eigenvalue weighted by molar-refractivity contribution is 5.99. The molecule has 2 fully saturated rings. The molecule has 2 saturated heterocycles. The van der Waals surface area contributed by atoms with E-state index in [0.29, 0.717) is 12.5 Å². The van der Waals surface area contributed by atoms with Crippen LogP contribution in [0.5, 0.6) is 0 Å². The number of nitrogens with one attached hydrogen (secondary N) is 1. The van der Waals surface area contributed by atoms with Gasteiger partial charge in [0.2, 0.25) is 0 Å². The predicted molar refractivity (Wildman–Crippen MR) is 120 cm³/mol. The van der Waals surface area contributed by atoms with Gasteiger partial charge in [-0.15, -0.1) is 0 Å². The number of allylic oxidation sites excluding steroid dienone is 4. The first-order chi connectivity index (χ1) is 14.4. The van der Waals surface area contributed by atoms with E-state index in [4.69, 9.17) is 4.99 Å². The van der Waals surface area contributed by atoms with Crippen LogP contribution in [0.4, 0.5) is 15.9 Å². The third kappa shape index (κ3) is 4.31. The molecule has 1 aromatic rings. The highest BCUT2D eigenvalue weighted by atomic mass is 19.1. The summed E-state index contributed by atoms with van der Waals surface area (Å²) >= 11 is 0. The first-order valence-electron chi connectivity index (χ1n) is 10.8. The van der Waals surface area contributed by atoms with Crippen LogP contribution in [0.3, 0.4) is 0 Å². The molecule has 7 heteroatoms. The summed E-state index contributed by atoms with van der Waals surface area (Å²) in [5.74, 6) is 0.779. The summed E-state index contributed by atoms with van der Waals surface area (Å²) in [7, 11) is 2.16. The fourth-order valence-electron chi connectivity index (χ4n) is 4.32. The minimum Gasteiger partial charge on any atom is -0.381 e. The Bertz CT molecular complexity index is 910. The average molecular weight is 411 g/mol. The smallest absolute Gasteiger partial charge is 0.162 e. The van der Waals surface area contributed by atoms with E-state index in [1.807, 2.05) is 19.9 Å². The number of aryl methyl sites for hydroxylation is 1. The van der Waals surface area contributed by atoms with Crippen molar-refractivity contribution >= 4 is 17.2 Å². The van der Waals surface area contributed by atoms with Crippen molar-refractivity contribution in [3.05, 3.63) is 47.7 Å². The Hall–Kier alpha value is -2.54. The number of fused-ring (bicyclic) bond motifs is 1. The maximum atomic E-state index is 13.8. The summed E-state index contributed by atoms with van der Waals surface area (Å²) in [5, 5.41) is 3.55. The van der Waals surface area contributed by atoms with E-state index in [2.05, 4.69) is 38.7 Å². The maximum Gasteiger partial charge on any atom is 0.162 e. The number of halogens is 1. The molecular weight excluding hydrogens is 379 g/mol. The minimum atomic E-state index is -0.885. The summed E-state index contributed by atoms with van der Waals surface area (Å²) in [6.45, 7) is 11.1.